The van der Waals surface area contributed by atoms with Gasteiger partial charge in [0.15, 0.2) is 0 Å². The molecule has 0 aliphatic carbocycles. The topological polar surface area (TPSA) is 50.9 Å². The number of pyridine rings is 1. The van der Waals surface area contributed by atoms with E-state index in [0.717, 1.165) is 50.2 Å². The molecule has 300 valence electrons. The first-order valence-corrected chi connectivity index (χ1v) is 20.5. The molecular weight excluding hydrogens is 743 g/mol. The van der Waals surface area contributed by atoms with Gasteiger partial charge in [0.2, 0.25) is 0 Å². The van der Waals surface area contributed by atoms with Gasteiger partial charge in [-0.2, -0.15) is 0 Å². The van der Waals surface area contributed by atoms with Crippen molar-refractivity contribution in [3.8, 4) is 78.6 Å². The molecule has 4 nitrogen and oxygen atoms in total. The Balaban J connectivity index is 1.41. The number of rotatable bonds is 7. The minimum Gasteiger partial charge on any atom is -0.507 e. The Kier molecular flexibility index (Phi) is 7.87. The van der Waals surface area contributed by atoms with E-state index in [-0.39, 0.29) is 27.9 Å². The molecule has 7 aromatic carbocycles. The lowest BCUT2D eigenvalue weighted by Crippen LogP contribution is -2.17. The van der Waals surface area contributed by atoms with Crippen molar-refractivity contribution in [3.05, 3.63) is 193 Å². The molecule has 4 heteroatoms. The summed E-state index contributed by atoms with van der Waals surface area (Å²) in [6.07, 6.45) is 1.82. The number of aromatic hydroxyl groups is 1. The Hall–Kier alpha value is -7.04. The van der Waals surface area contributed by atoms with Crippen molar-refractivity contribution in [1.29, 1.82) is 0 Å². The summed E-state index contributed by atoms with van der Waals surface area (Å²) >= 11 is 0. The maximum absolute atomic E-state index is 12.5. The van der Waals surface area contributed by atoms with E-state index in [9.17, 15) is 5.11 Å². The van der Waals surface area contributed by atoms with E-state index in [2.05, 4.69) is 69.3 Å². The smallest absolute Gasteiger partial charge is 0.149 e. The fourth-order valence-electron chi connectivity index (χ4n) is 8.01. The second-order valence-corrected chi connectivity index (χ2v) is 17.6. The summed E-state index contributed by atoms with van der Waals surface area (Å²) in [6, 6.07) is 42.2. The van der Waals surface area contributed by atoms with Crippen LogP contribution in [-0.2, 0) is 10.8 Å². The Morgan fingerprint density at radius 3 is 1.93 bits per heavy atom. The average Bonchev–Trinajstić information content (AvgIpc) is 3.71. The number of nitrogens with zero attached hydrogens (tertiary/aromatic N) is 3. The standard InChI is InChI=1S/C57H51N3O/c1-37-26-27-51(47(30-37)40-22-15-10-16-23-40)60-52-25-17-24-46(53(52)59-55(60)48-35-45(56(2,3)4)36-49(54(48)61)57(5,6)7)43-31-42(39-20-13-9-14-21-39)32-44(33-43)50-34-41(28-29-58-50)38-18-11-8-12-19-38/h8-36,61H,1-7H3/i1D3,10D,15D,16D,22D,23D. The van der Waals surface area contributed by atoms with Crippen molar-refractivity contribution in [2.45, 2.75) is 59.2 Å². The minimum atomic E-state index is -2.61. The van der Waals surface area contributed by atoms with Crippen molar-refractivity contribution in [2.75, 3.05) is 0 Å². The summed E-state index contributed by atoms with van der Waals surface area (Å²) in [5, 5.41) is 12.5. The van der Waals surface area contributed by atoms with E-state index in [1.807, 2.05) is 104 Å². The lowest BCUT2D eigenvalue weighted by molar-refractivity contribution is 0.446. The van der Waals surface area contributed by atoms with Crippen LogP contribution < -0.4 is 0 Å². The molecule has 0 bridgehead atoms. The first-order chi connectivity index (χ1) is 32.6. The van der Waals surface area contributed by atoms with Gasteiger partial charge in [0.25, 0.3) is 0 Å². The molecule has 0 aliphatic heterocycles. The fraction of sp³-hybridized carbons (Fsp3) is 0.158. The molecule has 0 aliphatic rings. The highest BCUT2D eigenvalue weighted by molar-refractivity contribution is 5.98. The number of hydrogen-bond donors (Lipinski definition) is 1. The quantitative estimate of drug-likeness (QED) is 0.175. The highest BCUT2D eigenvalue weighted by Crippen LogP contribution is 2.46. The summed E-state index contributed by atoms with van der Waals surface area (Å²) in [4.78, 5) is 10.3. The van der Waals surface area contributed by atoms with Crippen LogP contribution in [0.1, 0.15) is 69.2 Å². The zero-order valence-electron chi connectivity index (χ0n) is 43.1. The normalized spacial score (nSPS) is 14.0. The third-order valence-electron chi connectivity index (χ3n) is 11.2. The first-order valence-electron chi connectivity index (χ1n) is 24.5. The van der Waals surface area contributed by atoms with Crippen molar-refractivity contribution in [3.63, 3.8) is 0 Å². The van der Waals surface area contributed by atoms with Gasteiger partial charge in [-0.25, -0.2) is 4.98 Å². The molecule has 0 amide bonds. The number of fused-ring (bicyclic) bond motifs is 1. The molecule has 0 radical (unpaired) electrons. The van der Waals surface area contributed by atoms with Crippen molar-refractivity contribution in [1.82, 2.24) is 14.5 Å². The van der Waals surface area contributed by atoms with Gasteiger partial charge in [-0.15, -0.1) is 0 Å². The molecule has 0 unspecified atom stereocenters. The third kappa shape index (κ3) is 7.66. The van der Waals surface area contributed by atoms with Crippen molar-refractivity contribution >= 4 is 11.0 Å². The lowest BCUT2D eigenvalue weighted by Gasteiger charge is -2.27. The molecule has 0 atom stereocenters. The number of para-hydroxylation sites is 1. The van der Waals surface area contributed by atoms with E-state index in [4.69, 9.17) is 20.9 Å². The van der Waals surface area contributed by atoms with Crippen LogP contribution in [0.4, 0.5) is 0 Å². The predicted molar refractivity (Wildman–Crippen MR) is 255 cm³/mol. The molecule has 0 fully saturated rings. The lowest BCUT2D eigenvalue weighted by atomic mass is 9.79. The summed E-state index contributed by atoms with van der Waals surface area (Å²) in [7, 11) is 0. The zero-order valence-corrected chi connectivity index (χ0v) is 35.1. The number of hydrogen-bond acceptors (Lipinski definition) is 3. The van der Waals surface area contributed by atoms with Crippen LogP contribution in [0.15, 0.2) is 176 Å². The summed E-state index contributed by atoms with van der Waals surface area (Å²) < 4.78 is 71.1. The maximum atomic E-state index is 12.5. The van der Waals surface area contributed by atoms with Crippen LogP contribution in [0, 0.1) is 6.85 Å². The molecule has 9 rings (SSSR count). The van der Waals surface area contributed by atoms with Crippen molar-refractivity contribution < 1.29 is 16.1 Å². The van der Waals surface area contributed by atoms with E-state index in [1.54, 1.807) is 6.07 Å². The van der Waals surface area contributed by atoms with Gasteiger partial charge >= 0.3 is 0 Å². The van der Waals surface area contributed by atoms with Crippen LogP contribution in [0.25, 0.3) is 83.9 Å². The monoisotopic (exact) mass is 801 g/mol. The van der Waals surface area contributed by atoms with E-state index >= 15 is 0 Å². The Labute approximate surface area is 371 Å². The maximum Gasteiger partial charge on any atom is 0.149 e. The van der Waals surface area contributed by atoms with E-state index < -0.39 is 42.5 Å². The van der Waals surface area contributed by atoms with Crippen LogP contribution >= 0.6 is 0 Å². The molecule has 0 saturated heterocycles. The Bertz CT molecular complexity index is 3430. The zero-order chi connectivity index (χ0) is 49.3. The average molecular weight is 802 g/mol. The molecule has 0 saturated carbocycles. The summed E-state index contributed by atoms with van der Waals surface area (Å²) in [5.41, 5.74) is 9.63. The van der Waals surface area contributed by atoms with Gasteiger partial charge in [-0.3, -0.25) is 9.55 Å². The Morgan fingerprint density at radius 1 is 0.557 bits per heavy atom. The largest absolute Gasteiger partial charge is 0.507 e. The van der Waals surface area contributed by atoms with Crippen LogP contribution in [0.5, 0.6) is 5.75 Å². The van der Waals surface area contributed by atoms with Gasteiger partial charge in [-0.05, 0) is 111 Å². The van der Waals surface area contributed by atoms with Gasteiger partial charge < -0.3 is 5.11 Å². The summed E-state index contributed by atoms with van der Waals surface area (Å²) in [5.74, 6) is 0.313. The minimum absolute atomic E-state index is 0.00908. The predicted octanol–water partition coefficient (Wildman–Crippen LogP) is 15.0. The van der Waals surface area contributed by atoms with Crippen LogP contribution in [0.2, 0.25) is 0 Å². The third-order valence-corrected chi connectivity index (χ3v) is 11.2. The number of aromatic nitrogens is 3. The van der Waals surface area contributed by atoms with Gasteiger partial charge in [0.1, 0.15) is 11.6 Å². The van der Waals surface area contributed by atoms with Gasteiger partial charge in [0, 0.05) is 32.6 Å². The SMILES string of the molecule is [2H]c1c([2H])c([2H])c(-c2cc(C([2H])([2H])[2H])ccc2-n2c(-c3cc(C(C)(C)C)cc(C(C)(C)C)c3O)nc3c(-c4cc(-c5ccccc5)cc(-c5cc(-c6ccccc6)ccn5)c4)cccc32)c([2H])c1[2H]. The Morgan fingerprint density at radius 2 is 1.25 bits per heavy atom. The van der Waals surface area contributed by atoms with Crippen molar-refractivity contribution in [2.24, 2.45) is 0 Å². The number of phenols is 1. The second-order valence-electron chi connectivity index (χ2n) is 17.6. The first kappa shape index (κ1) is 30.9. The number of aryl methyl sites for hydroxylation is 1. The van der Waals surface area contributed by atoms with Crippen LogP contribution in [0.3, 0.4) is 0 Å². The molecular formula is C57H51N3O. The highest BCUT2D eigenvalue weighted by Gasteiger charge is 2.29. The highest BCUT2D eigenvalue weighted by atomic mass is 16.3. The van der Waals surface area contributed by atoms with Gasteiger partial charge in [-0.1, -0.05) is 162 Å². The number of imidazole rings is 1. The van der Waals surface area contributed by atoms with Gasteiger partial charge in [0.05, 0.1) is 34.8 Å². The van der Waals surface area contributed by atoms with E-state index in [0.29, 0.717) is 33.7 Å². The van der Waals surface area contributed by atoms with Crippen LogP contribution in [-0.4, -0.2) is 19.6 Å². The number of benzene rings is 7. The molecule has 0 spiro atoms. The molecule has 9 aromatic rings. The molecule has 1 N–H and O–H groups in total. The molecule has 61 heavy (non-hydrogen) atoms. The summed E-state index contributed by atoms with van der Waals surface area (Å²) in [6.45, 7) is 9.79. The fourth-order valence-corrected chi connectivity index (χ4v) is 8.01. The molecule has 2 heterocycles. The number of phenolic OH excluding ortho intramolecular Hbond substituents is 1. The van der Waals surface area contributed by atoms with E-state index in [1.165, 1.54) is 12.1 Å². The second kappa shape index (κ2) is 15.5. The molecule has 2 aromatic heterocycles.